The quantitative estimate of drug-likeness (QED) is 0.145. The number of benzene rings is 9. The zero-order valence-electron chi connectivity index (χ0n) is 38.3. The number of rotatable bonds is 9. The van der Waals surface area contributed by atoms with Gasteiger partial charge in [0.1, 0.15) is 18.2 Å². The third kappa shape index (κ3) is 7.18. The third-order valence-electron chi connectivity index (χ3n) is 13.3. The molecule has 6 nitrogen and oxygen atoms in total. The number of anilines is 4. The third-order valence-corrected chi connectivity index (χ3v) is 13.3. The van der Waals surface area contributed by atoms with Crippen molar-refractivity contribution in [2.24, 2.45) is 0 Å². The summed E-state index contributed by atoms with van der Waals surface area (Å²) in [7, 11) is 0. The average Bonchev–Trinajstić information content (AvgIpc) is 4.11. The first-order chi connectivity index (χ1) is 33.4. The number of ether oxygens (including phenoxy) is 1. The van der Waals surface area contributed by atoms with E-state index in [9.17, 15) is 0 Å². The van der Waals surface area contributed by atoms with E-state index >= 15 is 0 Å². The first-order valence-electron chi connectivity index (χ1n) is 23.3. The zero-order valence-corrected chi connectivity index (χ0v) is 38.3. The smallest absolute Gasteiger partial charge is 0.219 e. The van der Waals surface area contributed by atoms with Gasteiger partial charge in [-0.15, -0.1) is 0 Å². The first kappa shape index (κ1) is 40.9. The highest BCUT2D eigenvalue weighted by atomic mass is 16.5. The van der Waals surface area contributed by atoms with Gasteiger partial charge in [-0.2, -0.15) is 0 Å². The first-order valence-corrected chi connectivity index (χ1v) is 23.3. The molecule has 0 saturated carbocycles. The molecule has 0 radical (unpaired) electrons. The lowest BCUT2D eigenvalue weighted by molar-refractivity contribution is 0.483. The number of nitrogens with zero attached hydrogens (tertiary/aromatic N) is 5. The Hall–Kier alpha value is -8.61. The van der Waals surface area contributed by atoms with Crippen molar-refractivity contribution in [2.45, 2.75) is 26.2 Å². The van der Waals surface area contributed by atoms with E-state index in [1.54, 1.807) is 0 Å². The maximum absolute atomic E-state index is 6.87. The van der Waals surface area contributed by atoms with Crippen LogP contribution >= 0.6 is 0 Å². The summed E-state index contributed by atoms with van der Waals surface area (Å²) in [6, 6.07) is 77.6. The van der Waals surface area contributed by atoms with Crippen LogP contribution in [0, 0.1) is 0 Å². The van der Waals surface area contributed by atoms with Gasteiger partial charge in [0.15, 0.2) is 0 Å². The molecule has 6 heteroatoms. The van der Waals surface area contributed by atoms with Gasteiger partial charge in [0.05, 0.1) is 33.8 Å². The van der Waals surface area contributed by atoms with Crippen molar-refractivity contribution in [1.29, 1.82) is 0 Å². The van der Waals surface area contributed by atoms with E-state index in [2.05, 4.69) is 258 Å². The Balaban J connectivity index is 0.935. The minimum atomic E-state index is -0.00747. The summed E-state index contributed by atoms with van der Waals surface area (Å²) in [6.45, 7) is 7.49. The molecule has 1 aliphatic heterocycles. The summed E-state index contributed by atoms with van der Waals surface area (Å²) in [4.78, 5) is 9.98. The standard InChI is InChI=1S/C62H49N5O/c1-62(2,3)46-33-35-50(43-19-7-4-8-20-43)58(39-46)66-42-65(56-31-15-16-32-57(56)66)47-25-17-26-48(40-47)68-49-34-36-54-53-27-13-14-30-55(53)67(59(54)41-49)61-63-37-38-64(61)60-51(44-21-9-5-10-22-44)28-18-29-52(60)45-23-11-6-12-24-45/h4-41H,42H2,1-3H3. The Labute approximate surface area is 397 Å². The number of para-hydroxylation sites is 4. The summed E-state index contributed by atoms with van der Waals surface area (Å²) in [5.74, 6) is 2.28. The Bertz CT molecular complexity index is 3570. The second-order valence-electron chi connectivity index (χ2n) is 18.5. The maximum atomic E-state index is 6.87. The Morgan fingerprint density at radius 1 is 0.456 bits per heavy atom. The molecular weight excluding hydrogens is 831 g/mol. The van der Waals surface area contributed by atoms with Crippen molar-refractivity contribution < 1.29 is 4.74 Å². The second kappa shape index (κ2) is 16.7. The lowest BCUT2D eigenvalue weighted by atomic mass is 9.85. The molecule has 68 heavy (non-hydrogen) atoms. The van der Waals surface area contributed by atoms with Crippen LogP contribution < -0.4 is 14.5 Å². The van der Waals surface area contributed by atoms with Gasteiger partial charge >= 0.3 is 0 Å². The monoisotopic (exact) mass is 879 g/mol. The fraction of sp³-hybridized carbons (Fsp3) is 0.0806. The largest absolute Gasteiger partial charge is 0.457 e. The lowest BCUT2D eigenvalue weighted by Crippen LogP contribution is -2.25. The van der Waals surface area contributed by atoms with E-state index < -0.39 is 0 Å². The van der Waals surface area contributed by atoms with E-state index in [0.29, 0.717) is 6.67 Å². The van der Waals surface area contributed by atoms with Crippen LogP contribution in [0.15, 0.2) is 231 Å². The highest BCUT2D eigenvalue weighted by Gasteiger charge is 2.31. The molecular formula is C62H49N5O. The van der Waals surface area contributed by atoms with Gasteiger partial charge < -0.3 is 14.5 Å². The summed E-state index contributed by atoms with van der Waals surface area (Å²) in [6.07, 6.45) is 3.98. The van der Waals surface area contributed by atoms with Crippen molar-refractivity contribution >= 4 is 44.6 Å². The van der Waals surface area contributed by atoms with Gasteiger partial charge in [0.25, 0.3) is 0 Å². The molecule has 12 rings (SSSR count). The highest BCUT2D eigenvalue weighted by molar-refractivity contribution is 6.09. The number of aromatic nitrogens is 3. The van der Waals surface area contributed by atoms with E-state index in [1.807, 2.05) is 12.3 Å². The van der Waals surface area contributed by atoms with Crippen LogP contribution in [0.2, 0.25) is 0 Å². The maximum Gasteiger partial charge on any atom is 0.219 e. The van der Waals surface area contributed by atoms with Crippen LogP contribution in [0.25, 0.3) is 66.8 Å². The van der Waals surface area contributed by atoms with Crippen LogP contribution in [0.1, 0.15) is 26.3 Å². The molecule has 0 bridgehead atoms. The Morgan fingerprint density at radius 2 is 1.04 bits per heavy atom. The predicted molar refractivity (Wildman–Crippen MR) is 281 cm³/mol. The zero-order chi connectivity index (χ0) is 45.8. The van der Waals surface area contributed by atoms with Gasteiger partial charge in [0, 0.05) is 57.7 Å². The van der Waals surface area contributed by atoms with E-state index in [0.717, 1.165) is 78.6 Å². The molecule has 11 aromatic rings. The van der Waals surface area contributed by atoms with Gasteiger partial charge in [0.2, 0.25) is 5.95 Å². The fourth-order valence-corrected chi connectivity index (χ4v) is 9.94. The molecule has 0 unspecified atom stereocenters. The highest BCUT2D eigenvalue weighted by Crippen LogP contribution is 2.48. The van der Waals surface area contributed by atoms with E-state index in [4.69, 9.17) is 9.72 Å². The van der Waals surface area contributed by atoms with Crippen molar-refractivity contribution in [2.75, 3.05) is 16.5 Å². The minimum Gasteiger partial charge on any atom is -0.457 e. The SMILES string of the molecule is CC(C)(C)c1ccc(-c2ccccc2)c(N2CN(c3cccc(Oc4ccc5c6ccccc6n(-c6nccn6-c6c(-c7ccccc7)cccc6-c6ccccc6)c5c4)c3)c3ccccc32)c1. The Kier molecular flexibility index (Phi) is 10.0. The lowest BCUT2D eigenvalue weighted by Gasteiger charge is -2.27. The van der Waals surface area contributed by atoms with Crippen molar-refractivity contribution in [1.82, 2.24) is 14.1 Å². The van der Waals surface area contributed by atoms with Crippen LogP contribution in [0.4, 0.5) is 22.7 Å². The van der Waals surface area contributed by atoms with Gasteiger partial charge in [-0.3, -0.25) is 9.13 Å². The van der Waals surface area contributed by atoms with Crippen LogP contribution in [-0.2, 0) is 5.41 Å². The fourth-order valence-electron chi connectivity index (χ4n) is 9.94. The van der Waals surface area contributed by atoms with Crippen LogP contribution in [-0.4, -0.2) is 20.8 Å². The molecule has 0 atom stereocenters. The topological polar surface area (TPSA) is 38.5 Å². The van der Waals surface area contributed by atoms with Crippen molar-refractivity contribution in [3.63, 3.8) is 0 Å². The number of imidazole rings is 1. The summed E-state index contributed by atoms with van der Waals surface area (Å²) in [5.41, 5.74) is 15.9. The molecule has 328 valence electrons. The van der Waals surface area contributed by atoms with Crippen LogP contribution in [0.5, 0.6) is 11.5 Å². The average molecular weight is 880 g/mol. The summed E-state index contributed by atoms with van der Waals surface area (Å²) >= 11 is 0. The molecule has 0 spiro atoms. The number of hydrogen-bond acceptors (Lipinski definition) is 4. The van der Waals surface area contributed by atoms with E-state index in [1.165, 1.54) is 28.1 Å². The summed E-state index contributed by atoms with van der Waals surface area (Å²) in [5, 5.41) is 2.26. The molecule has 3 heterocycles. The van der Waals surface area contributed by atoms with Crippen molar-refractivity contribution in [3.05, 3.63) is 236 Å². The van der Waals surface area contributed by atoms with Gasteiger partial charge in [-0.1, -0.05) is 178 Å². The molecule has 0 N–H and O–H groups in total. The van der Waals surface area contributed by atoms with Crippen molar-refractivity contribution in [3.8, 4) is 56.5 Å². The normalized spacial score (nSPS) is 12.5. The Morgan fingerprint density at radius 3 is 1.74 bits per heavy atom. The molecule has 0 aliphatic carbocycles. The number of fused-ring (bicyclic) bond motifs is 4. The van der Waals surface area contributed by atoms with Crippen LogP contribution in [0.3, 0.4) is 0 Å². The molecule has 2 aromatic heterocycles. The molecule has 0 fully saturated rings. The van der Waals surface area contributed by atoms with E-state index in [-0.39, 0.29) is 5.41 Å². The van der Waals surface area contributed by atoms with Gasteiger partial charge in [-0.05, 0) is 76.2 Å². The minimum absolute atomic E-state index is 0.00747. The molecule has 0 amide bonds. The number of hydrogen-bond donors (Lipinski definition) is 0. The molecule has 0 saturated heterocycles. The predicted octanol–water partition coefficient (Wildman–Crippen LogP) is 16.3. The second-order valence-corrected chi connectivity index (χ2v) is 18.5. The van der Waals surface area contributed by atoms with Gasteiger partial charge in [-0.25, -0.2) is 4.98 Å². The summed E-state index contributed by atoms with van der Waals surface area (Å²) < 4.78 is 11.4. The molecule has 1 aliphatic rings. The molecule has 9 aromatic carbocycles.